The summed E-state index contributed by atoms with van der Waals surface area (Å²) < 4.78 is 15.7. The first-order chi connectivity index (χ1) is 9.36. The third kappa shape index (κ3) is 8.55. The summed E-state index contributed by atoms with van der Waals surface area (Å²) >= 11 is 0. The molecule has 0 bridgehead atoms. The minimum absolute atomic E-state index is 0.647. The summed E-state index contributed by atoms with van der Waals surface area (Å²) in [6.07, 6.45) is 1.33. The number of hydrogen-bond donors (Lipinski definition) is 1. The Morgan fingerprint density at radius 2 is 1.84 bits per heavy atom. The van der Waals surface area contributed by atoms with Crippen LogP contribution in [0.4, 0.5) is 0 Å². The fourth-order valence-corrected chi connectivity index (χ4v) is 2.28. The van der Waals surface area contributed by atoms with Crippen LogP contribution in [0.1, 0.15) is 13.3 Å². The number of nitrogens with zero attached hydrogens (tertiary/aromatic N) is 1. The Morgan fingerprint density at radius 1 is 1.11 bits per heavy atom. The third-order valence-electron chi connectivity index (χ3n) is 3.48. The van der Waals surface area contributed by atoms with Crippen molar-refractivity contribution in [2.75, 3.05) is 72.9 Å². The second-order valence-electron chi connectivity index (χ2n) is 4.97. The molecule has 1 rings (SSSR count). The van der Waals surface area contributed by atoms with Crippen LogP contribution in [0.2, 0.25) is 0 Å². The van der Waals surface area contributed by atoms with Gasteiger partial charge in [-0.1, -0.05) is 6.92 Å². The largest absolute Gasteiger partial charge is 0.382 e. The van der Waals surface area contributed by atoms with Crippen molar-refractivity contribution < 1.29 is 14.2 Å². The van der Waals surface area contributed by atoms with E-state index in [9.17, 15) is 0 Å². The minimum Gasteiger partial charge on any atom is -0.382 e. The Hall–Kier alpha value is -0.200. The molecule has 19 heavy (non-hydrogen) atoms. The van der Waals surface area contributed by atoms with Crippen LogP contribution >= 0.6 is 0 Å². The van der Waals surface area contributed by atoms with Gasteiger partial charge in [0.1, 0.15) is 0 Å². The number of methoxy groups -OCH3 is 1. The van der Waals surface area contributed by atoms with Gasteiger partial charge >= 0.3 is 0 Å². The molecule has 1 aliphatic heterocycles. The highest BCUT2D eigenvalue weighted by Gasteiger charge is 2.20. The fraction of sp³-hybridized carbons (Fsp3) is 1.00. The molecular weight excluding hydrogens is 244 g/mol. The topological polar surface area (TPSA) is 43.0 Å². The van der Waals surface area contributed by atoms with E-state index in [2.05, 4.69) is 17.1 Å². The van der Waals surface area contributed by atoms with Crippen molar-refractivity contribution in [3.8, 4) is 0 Å². The standard InChI is InChI=1S/C14H30N2O3/c1-3-16-6-4-14(13-16)12-15-5-7-18-10-11-19-9-8-17-2/h14-15H,3-13H2,1-2H3. The fourth-order valence-electron chi connectivity index (χ4n) is 2.28. The minimum atomic E-state index is 0.647. The summed E-state index contributed by atoms with van der Waals surface area (Å²) in [6, 6.07) is 0. The Kier molecular flexibility index (Phi) is 10.3. The third-order valence-corrected chi connectivity index (χ3v) is 3.48. The van der Waals surface area contributed by atoms with Crippen LogP contribution < -0.4 is 5.32 Å². The zero-order chi connectivity index (χ0) is 13.8. The average Bonchev–Trinajstić information content (AvgIpc) is 2.89. The molecule has 0 saturated carbocycles. The van der Waals surface area contributed by atoms with Crippen LogP contribution in [0.3, 0.4) is 0 Å². The molecule has 1 unspecified atom stereocenters. The normalized spacial score (nSPS) is 20.2. The van der Waals surface area contributed by atoms with Crippen molar-refractivity contribution >= 4 is 0 Å². The Morgan fingerprint density at radius 3 is 2.53 bits per heavy atom. The van der Waals surface area contributed by atoms with Crippen molar-refractivity contribution in [1.29, 1.82) is 0 Å². The van der Waals surface area contributed by atoms with Gasteiger partial charge in [-0.25, -0.2) is 0 Å². The lowest BCUT2D eigenvalue weighted by molar-refractivity contribution is 0.0255. The summed E-state index contributed by atoms with van der Waals surface area (Å²) in [4.78, 5) is 2.51. The molecule has 0 aromatic heterocycles. The molecule has 1 saturated heterocycles. The van der Waals surface area contributed by atoms with E-state index >= 15 is 0 Å². The maximum absolute atomic E-state index is 5.48. The molecular formula is C14H30N2O3. The number of hydrogen-bond acceptors (Lipinski definition) is 5. The van der Waals surface area contributed by atoms with Crippen LogP contribution in [0.15, 0.2) is 0 Å². The maximum atomic E-state index is 5.48. The second kappa shape index (κ2) is 11.6. The van der Waals surface area contributed by atoms with E-state index in [1.54, 1.807) is 7.11 Å². The lowest BCUT2D eigenvalue weighted by Crippen LogP contribution is -2.29. The van der Waals surface area contributed by atoms with E-state index in [0.29, 0.717) is 26.4 Å². The monoisotopic (exact) mass is 274 g/mol. The molecule has 114 valence electrons. The molecule has 1 aliphatic rings. The molecule has 0 amide bonds. The van der Waals surface area contributed by atoms with Crippen molar-refractivity contribution in [3.05, 3.63) is 0 Å². The zero-order valence-electron chi connectivity index (χ0n) is 12.5. The van der Waals surface area contributed by atoms with Gasteiger partial charge < -0.3 is 24.4 Å². The summed E-state index contributed by atoms with van der Waals surface area (Å²) in [5.74, 6) is 0.817. The summed E-state index contributed by atoms with van der Waals surface area (Å²) in [7, 11) is 1.68. The predicted molar refractivity (Wildman–Crippen MR) is 76.6 cm³/mol. The molecule has 1 fully saturated rings. The van der Waals surface area contributed by atoms with Gasteiger partial charge in [0.2, 0.25) is 0 Å². The highest BCUT2D eigenvalue weighted by molar-refractivity contribution is 4.76. The van der Waals surface area contributed by atoms with Crippen molar-refractivity contribution in [2.45, 2.75) is 13.3 Å². The van der Waals surface area contributed by atoms with E-state index in [1.807, 2.05) is 0 Å². The maximum Gasteiger partial charge on any atom is 0.0701 e. The van der Waals surface area contributed by atoms with Crippen LogP contribution in [0.5, 0.6) is 0 Å². The van der Waals surface area contributed by atoms with Crippen LogP contribution in [-0.4, -0.2) is 77.8 Å². The molecule has 1 N–H and O–H groups in total. The number of rotatable bonds is 12. The van der Waals surface area contributed by atoms with Crippen LogP contribution in [0.25, 0.3) is 0 Å². The Balaban J connectivity index is 1.77. The number of nitrogens with one attached hydrogen (secondary N) is 1. The molecule has 1 atom stereocenters. The highest BCUT2D eigenvalue weighted by atomic mass is 16.5. The van der Waals surface area contributed by atoms with Crippen molar-refractivity contribution in [3.63, 3.8) is 0 Å². The SMILES string of the molecule is CCN1CCC(CNCCOCCOCCOC)C1. The van der Waals surface area contributed by atoms with Gasteiger partial charge in [0.15, 0.2) is 0 Å². The predicted octanol–water partition coefficient (Wildman–Crippen LogP) is 0.597. The molecule has 0 aromatic carbocycles. The number of likely N-dealkylation sites (tertiary alicyclic amines) is 1. The van der Waals surface area contributed by atoms with E-state index in [1.165, 1.54) is 26.1 Å². The highest BCUT2D eigenvalue weighted by Crippen LogP contribution is 2.14. The second-order valence-corrected chi connectivity index (χ2v) is 4.97. The lowest BCUT2D eigenvalue weighted by Gasteiger charge is -2.13. The van der Waals surface area contributed by atoms with Crippen LogP contribution in [0, 0.1) is 5.92 Å². The molecule has 0 radical (unpaired) electrons. The van der Waals surface area contributed by atoms with E-state index in [4.69, 9.17) is 14.2 Å². The van der Waals surface area contributed by atoms with Gasteiger partial charge in [-0.3, -0.25) is 0 Å². The lowest BCUT2D eigenvalue weighted by atomic mass is 10.1. The average molecular weight is 274 g/mol. The molecule has 0 aromatic rings. The van der Waals surface area contributed by atoms with Crippen molar-refractivity contribution in [1.82, 2.24) is 10.2 Å². The van der Waals surface area contributed by atoms with Gasteiger partial charge in [0.05, 0.1) is 33.0 Å². The smallest absolute Gasteiger partial charge is 0.0701 e. The number of ether oxygens (including phenoxy) is 3. The van der Waals surface area contributed by atoms with E-state index in [-0.39, 0.29) is 0 Å². The zero-order valence-corrected chi connectivity index (χ0v) is 12.5. The van der Waals surface area contributed by atoms with Gasteiger partial charge in [0, 0.05) is 20.2 Å². The first kappa shape index (κ1) is 16.9. The van der Waals surface area contributed by atoms with Gasteiger partial charge in [-0.05, 0) is 32.0 Å². The molecule has 0 spiro atoms. The van der Waals surface area contributed by atoms with Gasteiger partial charge in [-0.2, -0.15) is 0 Å². The molecule has 5 nitrogen and oxygen atoms in total. The molecule has 0 aliphatic carbocycles. The summed E-state index contributed by atoms with van der Waals surface area (Å²) in [5, 5.41) is 3.47. The Labute approximate surface area is 117 Å². The van der Waals surface area contributed by atoms with E-state index < -0.39 is 0 Å². The van der Waals surface area contributed by atoms with Gasteiger partial charge in [0.25, 0.3) is 0 Å². The summed E-state index contributed by atoms with van der Waals surface area (Å²) in [6.45, 7) is 11.3. The first-order valence-electron chi connectivity index (χ1n) is 7.44. The van der Waals surface area contributed by atoms with Crippen LogP contribution in [-0.2, 0) is 14.2 Å². The molecule has 1 heterocycles. The summed E-state index contributed by atoms with van der Waals surface area (Å²) in [5.41, 5.74) is 0. The Bertz CT molecular complexity index is 205. The quantitative estimate of drug-likeness (QED) is 0.528. The van der Waals surface area contributed by atoms with E-state index in [0.717, 1.165) is 25.6 Å². The van der Waals surface area contributed by atoms with Gasteiger partial charge in [-0.15, -0.1) is 0 Å². The first-order valence-corrected chi connectivity index (χ1v) is 7.44. The van der Waals surface area contributed by atoms with Crippen molar-refractivity contribution in [2.24, 2.45) is 5.92 Å². The molecule has 5 heteroatoms.